The molecule has 0 radical (unpaired) electrons. The third-order valence-corrected chi connectivity index (χ3v) is 13.4. The molecular formula is C31H41N2O2+. The summed E-state index contributed by atoms with van der Waals surface area (Å²) in [7, 11) is 0. The third kappa shape index (κ3) is 2.35. The SMILES string of the molecule is CC1(C)CC[C@]2(C)CC[C@]3(C)C(C(=O)C[C@@H]4[C@@]5(C)C=C(C#N)C(=O)[C@@]6(C)C#[N+][C@]65CC[C@]43C)C2C1. The van der Waals surface area contributed by atoms with Crippen molar-refractivity contribution < 1.29 is 9.59 Å². The molecular weight excluding hydrogens is 432 g/mol. The van der Waals surface area contributed by atoms with Crippen molar-refractivity contribution in [1.82, 2.24) is 0 Å². The molecule has 0 amide bonds. The highest BCUT2D eigenvalue weighted by Crippen LogP contribution is 2.78. The van der Waals surface area contributed by atoms with Gasteiger partial charge in [-0.15, -0.1) is 0 Å². The predicted octanol–water partition coefficient (Wildman–Crippen LogP) is 6.75. The molecule has 0 bridgehead atoms. The summed E-state index contributed by atoms with van der Waals surface area (Å²) in [5.41, 5.74) is -1.28. The van der Waals surface area contributed by atoms with Crippen molar-refractivity contribution in [3.63, 3.8) is 0 Å². The number of fused-ring (bicyclic) bond motifs is 6. The molecule has 5 aliphatic carbocycles. The van der Waals surface area contributed by atoms with Crippen LogP contribution in [-0.4, -0.2) is 17.1 Å². The first-order valence-electron chi connectivity index (χ1n) is 13.8. The number of hydrogen-bond acceptors (Lipinski definition) is 3. The Kier molecular flexibility index (Phi) is 4.22. The quantitative estimate of drug-likeness (QED) is 0.391. The molecule has 4 saturated carbocycles. The zero-order valence-corrected chi connectivity index (χ0v) is 22.7. The summed E-state index contributed by atoms with van der Waals surface area (Å²) in [4.78, 5) is 32.5. The Morgan fingerprint density at radius 1 is 0.943 bits per heavy atom. The number of carbonyl (C=O) groups excluding carboxylic acids is 2. The van der Waals surface area contributed by atoms with Gasteiger partial charge in [0.05, 0.1) is 11.0 Å². The average Bonchev–Trinajstić information content (AvgIpc) is 2.78. The van der Waals surface area contributed by atoms with Crippen LogP contribution in [-0.2, 0) is 9.59 Å². The van der Waals surface area contributed by atoms with E-state index < -0.39 is 16.4 Å². The van der Waals surface area contributed by atoms with Gasteiger partial charge < -0.3 is 0 Å². The zero-order chi connectivity index (χ0) is 25.4. The molecule has 1 spiro atoms. The summed E-state index contributed by atoms with van der Waals surface area (Å²) in [6, 6.07) is 5.29. The minimum atomic E-state index is -0.859. The topological polar surface area (TPSA) is 62.3 Å². The maximum atomic E-state index is 14.4. The molecule has 1 aliphatic heterocycles. The fourth-order valence-corrected chi connectivity index (χ4v) is 10.7. The molecule has 35 heavy (non-hydrogen) atoms. The molecule has 6 rings (SSSR count). The van der Waals surface area contributed by atoms with Crippen LogP contribution in [0.1, 0.15) is 99.8 Å². The second-order valence-corrected chi connectivity index (χ2v) is 15.2. The predicted molar refractivity (Wildman–Crippen MR) is 135 cm³/mol. The van der Waals surface area contributed by atoms with Gasteiger partial charge >= 0.3 is 5.54 Å². The molecule has 0 aromatic carbocycles. The van der Waals surface area contributed by atoms with Crippen molar-refractivity contribution in [3.05, 3.63) is 16.5 Å². The van der Waals surface area contributed by atoms with Crippen molar-refractivity contribution in [2.45, 2.75) is 105 Å². The maximum Gasteiger partial charge on any atom is 0.319 e. The normalized spacial score (nSPS) is 55.3. The minimum Gasteiger partial charge on any atom is -0.299 e. The van der Waals surface area contributed by atoms with Crippen LogP contribution in [0, 0.1) is 67.6 Å². The van der Waals surface area contributed by atoms with Crippen LogP contribution in [0.2, 0.25) is 0 Å². The van der Waals surface area contributed by atoms with Crippen molar-refractivity contribution in [2.24, 2.45) is 50.2 Å². The van der Waals surface area contributed by atoms with Gasteiger partial charge in [0.1, 0.15) is 11.9 Å². The second kappa shape index (κ2) is 6.30. The smallest absolute Gasteiger partial charge is 0.299 e. The lowest BCUT2D eigenvalue weighted by Crippen LogP contribution is -2.74. The van der Waals surface area contributed by atoms with Gasteiger partial charge in [0.2, 0.25) is 11.2 Å². The van der Waals surface area contributed by atoms with Crippen molar-refractivity contribution in [3.8, 4) is 12.1 Å². The lowest BCUT2D eigenvalue weighted by Gasteiger charge is -2.71. The number of Topliss-reactive ketones (excluding diaryl/α,β-unsaturated/α-hetero) is 2. The Hall–Kier alpha value is -1.94. The summed E-state index contributed by atoms with van der Waals surface area (Å²) >= 11 is 0. The fraction of sp³-hybridized carbons (Fsp3) is 0.806. The first kappa shape index (κ1) is 23.5. The van der Waals surface area contributed by atoms with E-state index in [1.54, 1.807) is 0 Å². The van der Waals surface area contributed by atoms with Crippen molar-refractivity contribution >= 4 is 11.6 Å². The summed E-state index contributed by atoms with van der Waals surface area (Å²) < 4.78 is 0. The van der Waals surface area contributed by atoms with Crippen molar-refractivity contribution in [1.29, 1.82) is 5.26 Å². The summed E-state index contributed by atoms with van der Waals surface area (Å²) in [5, 5.41) is 9.90. The third-order valence-electron chi connectivity index (χ3n) is 13.4. The molecule has 9 atom stereocenters. The largest absolute Gasteiger partial charge is 0.319 e. The van der Waals surface area contributed by atoms with Gasteiger partial charge in [0.25, 0.3) is 6.07 Å². The molecule has 0 saturated heterocycles. The van der Waals surface area contributed by atoms with Gasteiger partial charge in [-0.05, 0) is 91.9 Å². The molecule has 6 aliphatic rings. The van der Waals surface area contributed by atoms with Crippen LogP contribution in [0.3, 0.4) is 0 Å². The van der Waals surface area contributed by atoms with Gasteiger partial charge in [-0.3, -0.25) is 9.59 Å². The molecule has 186 valence electrons. The molecule has 0 aromatic heterocycles. The Balaban J connectivity index is 1.50. The monoisotopic (exact) mass is 473 g/mol. The Bertz CT molecular complexity index is 1210. The Labute approximate surface area is 210 Å². The van der Waals surface area contributed by atoms with Crippen LogP contribution >= 0.6 is 0 Å². The Morgan fingerprint density at radius 3 is 2.23 bits per heavy atom. The average molecular weight is 474 g/mol. The number of rotatable bonds is 0. The van der Waals surface area contributed by atoms with E-state index in [2.05, 4.69) is 53.7 Å². The Morgan fingerprint density at radius 2 is 1.60 bits per heavy atom. The van der Waals surface area contributed by atoms with E-state index in [1.807, 2.05) is 13.0 Å². The summed E-state index contributed by atoms with van der Waals surface area (Å²) in [6.07, 6.45) is 10.2. The van der Waals surface area contributed by atoms with Gasteiger partial charge in [0.15, 0.2) is 0 Å². The van der Waals surface area contributed by atoms with E-state index >= 15 is 0 Å². The number of carbonyl (C=O) groups is 2. The first-order chi connectivity index (χ1) is 16.1. The lowest BCUT2D eigenvalue weighted by atomic mass is 9.30. The first-order valence-corrected chi connectivity index (χ1v) is 13.8. The van der Waals surface area contributed by atoms with Gasteiger partial charge in [-0.1, -0.05) is 39.5 Å². The van der Waals surface area contributed by atoms with Crippen LogP contribution in [0.15, 0.2) is 11.6 Å². The van der Waals surface area contributed by atoms with Gasteiger partial charge in [-0.25, -0.2) is 0 Å². The minimum absolute atomic E-state index is 0.0437. The van der Waals surface area contributed by atoms with E-state index in [0.29, 0.717) is 18.1 Å². The molecule has 4 heteroatoms. The van der Waals surface area contributed by atoms with Crippen molar-refractivity contribution in [2.75, 3.05) is 0 Å². The van der Waals surface area contributed by atoms with Crippen LogP contribution in [0.25, 0.3) is 4.85 Å². The zero-order valence-electron chi connectivity index (χ0n) is 22.7. The second-order valence-electron chi connectivity index (χ2n) is 15.2. The number of nitrogens with zero attached hydrogens (tertiary/aromatic N) is 2. The molecule has 0 aromatic rings. The van der Waals surface area contributed by atoms with Crippen LogP contribution < -0.4 is 0 Å². The molecule has 1 heterocycles. The number of hydrogen-bond donors (Lipinski definition) is 0. The summed E-state index contributed by atoms with van der Waals surface area (Å²) in [5.74, 6) is 0.907. The fourth-order valence-electron chi connectivity index (χ4n) is 10.7. The van der Waals surface area contributed by atoms with E-state index in [1.165, 1.54) is 19.3 Å². The lowest BCUT2D eigenvalue weighted by molar-refractivity contribution is -0.220. The van der Waals surface area contributed by atoms with E-state index in [4.69, 9.17) is 4.85 Å². The van der Waals surface area contributed by atoms with Crippen LogP contribution in [0.4, 0.5) is 0 Å². The maximum absolute atomic E-state index is 14.4. The van der Waals surface area contributed by atoms with E-state index in [9.17, 15) is 14.9 Å². The van der Waals surface area contributed by atoms with E-state index in [0.717, 1.165) is 25.7 Å². The molecule has 4 nitrogen and oxygen atoms in total. The highest BCUT2D eigenvalue weighted by Gasteiger charge is 2.86. The number of allylic oxidation sites excluding steroid dienone is 1. The highest BCUT2D eigenvalue weighted by atomic mass is 16.1. The summed E-state index contributed by atoms with van der Waals surface area (Å²) in [6.45, 7) is 16.3. The number of nitriles is 1. The van der Waals surface area contributed by atoms with Crippen LogP contribution in [0.5, 0.6) is 0 Å². The standard InChI is InChI=1S/C31H41N2O2/c1-25(2)8-9-26(3)10-11-28(5)23(20(26)16-25)21(34)14-22-27(28,4)12-13-31-29(22,6)15-19(17-32)24(35)30(31,7)18-33-31/h15,20,22-23H,8-14,16H2,1-7H3/q+1/t20?,22-,23?,26+,27+,28+,29+,30+,31-/m0/s1. The molecule has 0 N–H and O–H groups in total. The van der Waals surface area contributed by atoms with E-state index in [-0.39, 0.29) is 44.9 Å². The highest BCUT2D eigenvalue weighted by molar-refractivity contribution is 6.08. The van der Waals surface area contributed by atoms with Gasteiger partial charge in [0, 0.05) is 18.8 Å². The molecule has 4 fully saturated rings. The molecule has 2 unspecified atom stereocenters. The number of ketones is 2. The van der Waals surface area contributed by atoms with Gasteiger partial charge in [-0.2, -0.15) is 5.26 Å².